The van der Waals surface area contributed by atoms with Crippen molar-refractivity contribution in [1.29, 1.82) is 0 Å². The van der Waals surface area contributed by atoms with Gasteiger partial charge in [-0.1, -0.05) is 53.7 Å². The zero-order chi connectivity index (χ0) is 30.4. The van der Waals surface area contributed by atoms with Gasteiger partial charge in [-0.3, -0.25) is 9.69 Å². The second-order valence-corrected chi connectivity index (χ2v) is 11.1. The van der Waals surface area contributed by atoms with Crippen molar-refractivity contribution in [3.63, 3.8) is 0 Å². The van der Waals surface area contributed by atoms with E-state index < -0.39 is 0 Å². The highest BCUT2D eigenvalue weighted by atomic mass is 16.5. The van der Waals surface area contributed by atoms with Crippen LogP contribution in [-0.2, 0) is 0 Å². The molecule has 0 radical (unpaired) electrons. The molecule has 0 saturated carbocycles. The molecule has 2 N–H and O–H groups in total. The molecule has 0 spiro atoms. The average Bonchev–Trinajstić information content (AvgIpc) is 2.99. The summed E-state index contributed by atoms with van der Waals surface area (Å²) >= 11 is 0. The van der Waals surface area contributed by atoms with Gasteiger partial charge in [0.05, 0.1) is 7.11 Å². The lowest BCUT2D eigenvalue weighted by atomic mass is 9.88. The second kappa shape index (κ2) is 13.7. The molecule has 8 nitrogen and oxygen atoms in total. The predicted octanol–water partition coefficient (Wildman–Crippen LogP) is 7.23. The minimum Gasteiger partial charge on any atom is -0.497 e. The number of hydrogen-bond acceptors (Lipinski definition) is 5. The van der Waals surface area contributed by atoms with Gasteiger partial charge in [0.1, 0.15) is 17.1 Å². The molecule has 2 aromatic heterocycles. The van der Waals surface area contributed by atoms with Crippen LogP contribution >= 0.6 is 0 Å². The summed E-state index contributed by atoms with van der Waals surface area (Å²) in [4.78, 5) is 38.4. The van der Waals surface area contributed by atoms with Gasteiger partial charge >= 0.3 is 6.03 Å². The van der Waals surface area contributed by atoms with E-state index in [1.807, 2.05) is 30.3 Å². The Kier molecular flexibility index (Phi) is 10.0. The monoisotopic (exact) mass is 569 g/mol. The first-order chi connectivity index (χ1) is 20.2. The number of urea groups is 1. The molecule has 0 aliphatic rings. The number of nitrogens with zero attached hydrogens (tertiary/aromatic N) is 3. The number of nitrogens with one attached hydrogen (secondary N) is 2. The van der Waals surface area contributed by atoms with Crippen LogP contribution in [0.1, 0.15) is 64.5 Å². The van der Waals surface area contributed by atoms with E-state index >= 15 is 0 Å². The summed E-state index contributed by atoms with van der Waals surface area (Å²) in [6.45, 7) is 15.4. The number of rotatable bonds is 11. The highest BCUT2D eigenvalue weighted by Gasteiger charge is 2.24. The summed E-state index contributed by atoms with van der Waals surface area (Å²) in [6.07, 6.45) is 1.64. The average molecular weight is 570 g/mol. The maximum atomic E-state index is 14.2. The van der Waals surface area contributed by atoms with Crippen LogP contribution < -0.4 is 20.5 Å². The van der Waals surface area contributed by atoms with Crippen LogP contribution in [0.3, 0.4) is 0 Å². The molecule has 222 valence electrons. The molecular formula is C34H43N5O3. The smallest absolute Gasteiger partial charge is 0.326 e. The van der Waals surface area contributed by atoms with Crippen LogP contribution in [0.25, 0.3) is 22.2 Å². The normalized spacial score (nSPS) is 11.5. The van der Waals surface area contributed by atoms with Crippen LogP contribution in [0.4, 0.5) is 16.2 Å². The first-order valence-electron chi connectivity index (χ1n) is 14.8. The van der Waals surface area contributed by atoms with Crippen molar-refractivity contribution in [2.75, 3.05) is 43.5 Å². The molecule has 4 aromatic rings. The second-order valence-electron chi connectivity index (χ2n) is 11.1. The number of anilines is 2. The summed E-state index contributed by atoms with van der Waals surface area (Å²) < 4.78 is 5.47. The minimum absolute atomic E-state index is 0.141. The highest BCUT2D eigenvalue weighted by molar-refractivity contribution is 6.03. The molecule has 2 heterocycles. The Labute approximate surface area is 248 Å². The van der Waals surface area contributed by atoms with E-state index in [1.54, 1.807) is 24.3 Å². The van der Waals surface area contributed by atoms with E-state index in [9.17, 15) is 9.59 Å². The summed E-state index contributed by atoms with van der Waals surface area (Å²) in [5.74, 6) is 1.08. The van der Waals surface area contributed by atoms with E-state index in [4.69, 9.17) is 4.74 Å². The number of carbonyl (C=O) groups is 1. The highest BCUT2D eigenvalue weighted by Crippen LogP contribution is 2.38. The standard InChI is InChI=1S/C34H43N5O3/c1-8-38(9-2)16-17-39(30-21-25-13-11-15-35-32(25)37-33(30)40)34(41)36-31-28(22(3)4)19-26(20-29(31)23(5)6)24-12-10-14-27(18-24)42-7/h10-15,18-23H,8-9,16-17H2,1-7H3,(H,36,41)(H,35,37,40). The van der Waals surface area contributed by atoms with Crippen molar-refractivity contribution in [1.82, 2.24) is 14.9 Å². The van der Waals surface area contributed by atoms with E-state index in [-0.39, 0.29) is 23.4 Å². The fraction of sp³-hybridized carbons (Fsp3) is 0.382. The number of ether oxygens (including phenoxy) is 1. The maximum absolute atomic E-state index is 14.2. The van der Waals surface area contributed by atoms with Crippen LogP contribution in [0.15, 0.2) is 65.6 Å². The van der Waals surface area contributed by atoms with Gasteiger partial charge in [-0.15, -0.1) is 0 Å². The Balaban J connectivity index is 1.80. The first kappa shape index (κ1) is 30.8. The van der Waals surface area contributed by atoms with E-state index in [1.165, 1.54) is 0 Å². The molecule has 2 aromatic carbocycles. The fourth-order valence-corrected chi connectivity index (χ4v) is 5.22. The zero-order valence-corrected chi connectivity index (χ0v) is 25.8. The number of carbonyl (C=O) groups excluding carboxylic acids is 1. The maximum Gasteiger partial charge on any atom is 0.326 e. The Bertz CT molecular complexity index is 1560. The predicted molar refractivity (Wildman–Crippen MR) is 173 cm³/mol. The summed E-state index contributed by atoms with van der Waals surface area (Å²) in [5.41, 5.74) is 5.42. The number of H-pyrrole nitrogens is 1. The lowest BCUT2D eigenvalue weighted by Gasteiger charge is -2.28. The van der Waals surface area contributed by atoms with Gasteiger partial charge in [0.15, 0.2) is 0 Å². The molecule has 8 heteroatoms. The third kappa shape index (κ3) is 6.82. The topological polar surface area (TPSA) is 90.6 Å². The molecule has 0 fully saturated rings. The van der Waals surface area contributed by atoms with Gasteiger partial charge < -0.3 is 19.9 Å². The molecule has 0 atom stereocenters. The number of amides is 2. The number of fused-ring (bicyclic) bond motifs is 1. The lowest BCUT2D eigenvalue weighted by Crippen LogP contribution is -2.43. The van der Waals surface area contributed by atoms with Crippen LogP contribution in [-0.4, -0.2) is 54.2 Å². The Morgan fingerprint density at radius 2 is 1.62 bits per heavy atom. The molecule has 0 unspecified atom stereocenters. The van der Waals surface area contributed by atoms with Crippen molar-refractivity contribution in [2.45, 2.75) is 53.4 Å². The van der Waals surface area contributed by atoms with Crippen LogP contribution in [0.5, 0.6) is 5.75 Å². The molecule has 4 rings (SSSR count). The third-order valence-corrected chi connectivity index (χ3v) is 7.74. The molecular weight excluding hydrogens is 526 g/mol. The summed E-state index contributed by atoms with van der Waals surface area (Å²) in [6, 6.07) is 17.4. The van der Waals surface area contributed by atoms with Crippen molar-refractivity contribution in [3.05, 3.63) is 82.3 Å². The van der Waals surface area contributed by atoms with Crippen molar-refractivity contribution >= 4 is 28.4 Å². The van der Waals surface area contributed by atoms with Gasteiger partial charge in [0.25, 0.3) is 5.56 Å². The molecule has 0 aliphatic carbocycles. The Morgan fingerprint density at radius 3 is 2.24 bits per heavy atom. The van der Waals surface area contributed by atoms with Gasteiger partial charge in [0.2, 0.25) is 0 Å². The fourth-order valence-electron chi connectivity index (χ4n) is 5.22. The van der Waals surface area contributed by atoms with Crippen molar-refractivity contribution < 1.29 is 9.53 Å². The van der Waals surface area contributed by atoms with Crippen molar-refractivity contribution in [2.24, 2.45) is 0 Å². The quantitative estimate of drug-likeness (QED) is 0.199. The van der Waals surface area contributed by atoms with Crippen LogP contribution in [0, 0.1) is 0 Å². The first-order valence-corrected chi connectivity index (χ1v) is 14.8. The minimum atomic E-state index is -0.350. The molecule has 0 aliphatic heterocycles. The van der Waals surface area contributed by atoms with Gasteiger partial charge in [0, 0.05) is 30.4 Å². The molecule has 42 heavy (non-hydrogen) atoms. The Hall–Kier alpha value is -4.17. The molecule has 2 amide bonds. The summed E-state index contributed by atoms with van der Waals surface area (Å²) in [7, 11) is 1.67. The number of methoxy groups -OCH3 is 1. The lowest BCUT2D eigenvalue weighted by molar-refractivity contribution is 0.254. The van der Waals surface area contributed by atoms with Gasteiger partial charge in [-0.05, 0) is 89.6 Å². The largest absolute Gasteiger partial charge is 0.497 e. The molecule has 0 bridgehead atoms. The number of likely N-dealkylation sites (N-methyl/N-ethyl adjacent to an activating group) is 1. The number of aromatic amines is 1. The summed E-state index contributed by atoms with van der Waals surface area (Å²) in [5, 5.41) is 4.02. The van der Waals surface area contributed by atoms with Gasteiger partial charge in [-0.25, -0.2) is 9.78 Å². The van der Waals surface area contributed by atoms with Crippen LogP contribution in [0.2, 0.25) is 0 Å². The van der Waals surface area contributed by atoms with Crippen molar-refractivity contribution in [3.8, 4) is 16.9 Å². The number of hydrogen-bond donors (Lipinski definition) is 2. The molecule has 0 saturated heterocycles. The SMILES string of the molecule is CCN(CC)CCN(C(=O)Nc1c(C(C)C)cc(-c2cccc(OC)c2)cc1C(C)C)c1cc2cccnc2[nH]c1=O. The Morgan fingerprint density at radius 1 is 0.929 bits per heavy atom. The van der Waals surface area contributed by atoms with Gasteiger partial charge in [-0.2, -0.15) is 0 Å². The van der Waals surface area contributed by atoms with E-state index in [0.29, 0.717) is 24.4 Å². The number of aromatic nitrogens is 2. The van der Waals surface area contributed by atoms with E-state index in [2.05, 4.69) is 79.9 Å². The number of pyridine rings is 2. The zero-order valence-electron chi connectivity index (χ0n) is 25.8. The third-order valence-electron chi connectivity index (χ3n) is 7.74. The number of benzene rings is 2. The van der Waals surface area contributed by atoms with E-state index in [0.717, 1.165) is 52.2 Å².